The fraction of sp³-hybridized carbons (Fsp3) is 0.333. The topological polar surface area (TPSA) is 43.4 Å². The molecule has 0 bridgehead atoms. The van der Waals surface area contributed by atoms with Crippen LogP contribution in [0.4, 0.5) is 0 Å². The molecule has 1 aromatic rings. The number of aldehydes is 1. The summed E-state index contributed by atoms with van der Waals surface area (Å²) in [6, 6.07) is 3.66. The van der Waals surface area contributed by atoms with Gasteiger partial charge >= 0.3 is 0 Å². The van der Waals surface area contributed by atoms with Gasteiger partial charge in [0.25, 0.3) is 0 Å². The number of aryl methyl sites for hydroxylation is 1. The molecule has 2 rings (SSSR count). The molecular formula is C12H12O3. The Morgan fingerprint density at radius 2 is 2.20 bits per heavy atom. The van der Waals surface area contributed by atoms with Crippen molar-refractivity contribution < 1.29 is 14.3 Å². The van der Waals surface area contributed by atoms with E-state index in [1.165, 1.54) is 0 Å². The second-order valence-electron chi connectivity index (χ2n) is 3.79. The van der Waals surface area contributed by atoms with Gasteiger partial charge in [0.2, 0.25) is 0 Å². The normalized spacial score (nSPS) is 19.1. The van der Waals surface area contributed by atoms with Crippen LogP contribution in [0.3, 0.4) is 0 Å². The van der Waals surface area contributed by atoms with Crippen molar-refractivity contribution in [3.63, 3.8) is 0 Å². The molecule has 3 nitrogen and oxygen atoms in total. The lowest BCUT2D eigenvalue weighted by molar-refractivity contribution is 0.0811. The SMILES string of the molecule is CO[C@H]1CC(=O)c2c(C=O)cc(C)cc21. The van der Waals surface area contributed by atoms with Crippen molar-refractivity contribution in [1.82, 2.24) is 0 Å². The molecule has 0 spiro atoms. The van der Waals surface area contributed by atoms with Crippen molar-refractivity contribution in [2.24, 2.45) is 0 Å². The molecule has 0 saturated carbocycles. The minimum Gasteiger partial charge on any atom is -0.376 e. The van der Waals surface area contributed by atoms with E-state index in [0.717, 1.165) is 17.4 Å². The maximum atomic E-state index is 11.7. The van der Waals surface area contributed by atoms with Gasteiger partial charge in [0.15, 0.2) is 12.1 Å². The van der Waals surface area contributed by atoms with E-state index >= 15 is 0 Å². The molecule has 78 valence electrons. The lowest BCUT2D eigenvalue weighted by Gasteiger charge is -2.09. The van der Waals surface area contributed by atoms with E-state index in [1.54, 1.807) is 13.2 Å². The van der Waals surface area contributed by atoms with Crippen LogP contribution in [-0.4, -0.2) is 19.2 Å². The number of carbonyl (C=O) groups is 2. The molecular weight excluding hydrogens is 192 g/mol. The zero-order valence-electron chi connectivity index (χ0n) is 8.74. The third kappa shape index (κ3) is 1.49. The van der Waals surface area contributed by atoms with Crippen LogP contribution in [0.2, 0.25) is 0 Å². The summed E-state index contributed by atoms with van der Waals surface area (Å²) in [4.78, 5) is 22.6. The number of Topliss-reactive ketones (excluding diaryl/α,β-unsaturated/α-hetero) is 1. The van der Waals surface area contributed by atoms with E-state index in [9.17, 15) is 9.59 Å². The molecule has 0 N–H and O–H groups in total. The maximum Gasteiger partial charge on any atom is 0.166 e. The Morgan fingerprint density at radius 1 is 1.47 bits per heavy atom. The molecule has 1 aliphatic rings. The van der Waals surface area contributed by atoms with Crippen LogP contribution < -0.4 is 0 Å². The largest absolute Gasteiger partial charge is 0.376 e. The van der Waals surface area contributed by atoms with Crippen LogP contribution in [0.1, 0.15) is 44.4 Å². The monoisotopic (exact) mass is 204 g/mol. The first kappa shape index (κ1) is 10.1. The Kier molecular flexibility index (Phi) is 2.40. The van der Waals surface area contributed by atoms with Crippen molar-refractivity contribution in [3.8, 4) is 0 Å². The fourth-order valence-electron chi connectivity index (χ4n) is 2.10. The Balaban J connectivity index is 2.66. The lowest BCUT2D eigenvalue weighted by Crippen LogP contribution is -1.99. The highest BCUT2D eigenvalue weighted by Crippen LogP contribution is 2.35. The summed E-state index contributed by atoms with van der Waals surface area (Å²) in [5.41, 5.74) is 2.86. The van der Waals surface area contributed by atoms with Crippen LogP contribution in [0, 0.1) is 6.92 Å². The van der Waals surface area contributed by atoms with Crippen LogP contribution in [0.15, 0.2) is 12.1 Å². The summed E-state index contributed by atoms with van der Waals surface area (Å²) in [5.74, 6) is -0.000972. The third-order valence-electron chi connectivity index (χ3n) is 2.75. The summed E-state index contributed by atoms with van der Waals surface area (Å²) in [7, 11) is 1.58. The number of benzene rings is 1. The Morgan fingerprint density at radius 3 is 2.80 bits per heavy atom. The van der Waals surface area contributed by atoms with Crippen molar-refractivity contribution >= 4 is 12.1 Å². The minimum atomic E-state index is -0.189. The van der Waals surface area contributed by atoms with Crippen LogP contribution in [0.5, 0.6) is 0 Å². The minimum absolute atomic E-state index is 0.000972. The molecule has 0 heterocycles. The highest BCUT2D eigenvalue weighted by Gasteiger charge is 2.31. The summed E-state index contributed by atoms with van der Waals surface area (Å²) < 4.78 is 5.23. The standard InChI is InChI=1S/C12H12O3/c1-7-3-8(6-13)12-9(4-7)11(15-2)5-10(12)14/h3-4,6,11H,5H2,1-2H3/t11-/m0/s1. The summed E-state index contributed by atoms with van der Waals surface area (Å²) in [6.45, 7) is 1.91. The van der Waals surface area contributed by atoms with E-state index < -0.39 is 0 Å². The molecule has 0 fully saturated rings. The number of hydrogen-bond acceptors (Lipinski definition) is 3. The number of ketones is 1. The van der Waals surface area contributed by atoms with Crippen molar-refractivity contribution in [2.75, 3.05) is 7.11 Å². The molecule has 0 amide bonds. The van der Waals surface area contributed by atoms with Gasteiger partial charge in [0, 0.05) is 24.7 Å². The van der Waals surface area contributed by atoms with Gasteiger partial charge in [-0.3, -0.25) is 9.59 Å². The van der Waals surface area contributed by atoms with E-state index in [2.05, 4.69) is 0 Å². The van der Waals surface area contributed by atoms with Gasteiger partial charge in [-0.05, 0) is 18.6 Å². The first-order valence-corrected chi connectivity index (χ1v) is 4.83. The summed E-state index contributed by atoms with van der Waals surface area (Å²) in [6.07, 6.45) is 0.892. The van der Waals surface area contributed by atoms with Gasteiger partial charge in [-0.2, -0.15) is 0 Å². The summed E-state index contributed by atoms with van der Waals surface area (Å²) >= 11 is 0. The third-order valence-corrected chi connectivity index (χ3v) is 2.75. The first-order valence-electron chi connectivity index (χ1n) is 4.83. The van der Waals surface area contributed by atoms with E-state index in [4.69, 9.17) is 4.74 Å². The van der Waals surface area contributed by atoms with Gasteiger partial charge in [-0.15, -0.1) is 0 Å². The average molecular weight is 204 g/mol. The second kappa shape index (κ2) is 3.59. The maximum absolute atomic E-state index is 11.7. The summed E-state index contributed by atoms with van der Waals surface area (Å²) in [5, 5.41) is 0. The van der Waals surface area contributed by atoms with E-state index in [0.29, 0.717) is 17.5 Å². The highest BCUT2D eigenvalue weighted by atomic mass is 16.5. The molecule has 1 aliphatic carbocycles. The average Bonchev–Trinajstić information content (AvgIpc) is 2.54. The van der Waals surface area contributed by atoms with Gasteiger partial charge in [0.05, 0.1) is 6.10 Å². The van der Waals surface area contributed by atoms with Crippen molar-refractivity contribution in [2.45, 2.75) is 19.4 Å². The molecule has 0 aromatic heterocycles. The predicted octanol–water partition coefficient (Wildman–Crippen LogP) is 2.08. The van der Waals surface area contributed by atoms with Crippen LogP contribution in [-0.2, 0) is 4.74 Å². The van der Waals surface area contributed by atoms with Gasteiger partial charge in [-0.25, -0.2) is 0 Å². The molecule has 0 saturated heterocycles. The predicted molar refractivity (Wildman–Crippen MR) is 55.3 cm³/mol. The van der Waals surface area contributed by atoms with Crippen molar-refractivity contribution in [3.05, 3.63) is 34.4 Å². The van der Waals surface area contributed by atoms with Gasteiger partial charge in [-0.1, -0.05) is 11.6 Å². The van der Waals surface area contributed by atoms with Crippen LogP contribution >= 0.6 is 0 Å². The number of fused-ring (bicyclic) bond motifs is 1. The zero-order valence-corrected chi connectivity index (χ0v) is 8.74. The Labute approximate surface area is 88.1 Å². The Bertz CT molecular complexity index is 435. The number of carbonyl (C=O) groups excluding carboxylic acids is 2. The molecule has 0 unspecified atom stereocenters. The van der Waals surface area contributed by atoms with Crippen LogP contribution in [0.25, 0.3) is 0 Å². The van der Waals surface area contributed by atoms with Gasteiger partial charge in [0.1, 0.15) is 0 Å². The molecule has 1 atom stereocenters. The molecule has 0 radical (unpaired) electrons. The van der Waals surface area contributed by atoms with Gasteiger partial charge < -0.3 is 4.74 Å². The quantitative estimate of drug-likeness (QED) is 0.693. The second-order valence-corrected chi connectivity index (χ2v) is 3.79. The molecule has 3 heteroatoms. The lowest BCUT2D eigenvalue weighted by atomic mass is 10.00. The Hall–Kier alpha value is -1.48. The number of methoxy groups -OCH3 is 1. The highest BCUT2D eigenvalue weighted by molar-refractivity contribution is 6.07. The number of hydrogen-bond donors (Lipinski definition) is 0. The first-order chi connectivity index (χ1) is 7.17. The fourth-order valence-corrected chi connectivity index (χ4v) is 2.10. The molecule has 1 aromatic carbocycles. The molecule has 0 aliphatic heterocycles. The molecule has 15 heavy (non-hydrogen) atoms. The van der Waals surface area contributed by atoms with Crippen molar-refractivity contribution in [1.29, 1.82) is 0 Å². The van der Waals surface area contributed by atoms with E-state index in [-0.39, 0.29) is 11.9 Å². The number of rotatable bonds is 2. The van der Waals surface area contributed by atoms with E-state index in [1.807, 2.05) is 13.0 Å². The zero-order chi connectivity index (χ0) is 11.0. The number of ether oxygens (including phenoxy) is 1. The smallest absolute Gasteiger partial charge is 0.166 e.